The Bertz CT molecular complexity index is 986. The number of fused-ring (bicyclic) bond motifs is 1. The Morgan fingerprint density at radius 1 is 1.12 bits per heavy atom. The lowest BCUT2D eigenvalue weighted by Crippen LogP contribution is -2.21. The summed E-state index contributed by atoms with van der Waals surface area (Å²) in [5.74, 6) is -0.266. The molecule has 26 heavy (non-hydrogen) atoms. The van der Waals surface area contributed by atoms with Gasteiger partial charge in [-0.05, 0) is 43.7 Å². The number of allylic oxidation sites excluding steroid dienone is 1. The smallest absolute Gasteiger partial charge is 0.205 e. The highest BCUT2D eigenvalue weighted by molar-refractivity contribution is 6.19. The summed E-state index contributed by atoms with van der Waals surface area (Å²) in [6.45, 7) is 6.11. The first kappa shape index (κ1) is 17.5. The zero-order valence-electron chi connectivity index (χ0n) is 15.0. The lowest BCUT2D eigenvalue weighted by atomic mass is 10.0. The van der Waals surface area contributed by atoms with Crippen LogP contribution in [0.2, 0.25) is 0 Å². The quantitative estimate of drug-likeness (QED) is 0.397. The number of nitrogens with zero attached hydrogens (tertiary/aromatic N) is 2. The van der Waals surface area contributed by atoms with Crippen molar-refractivity contribution in [3.63, 3.8) is 0 Å². The third-order valence-corrected chi connectivity index (χ3v) is 4.53. The number of rotatable bonds is 6. The largest absolute Gasteiger partial charge is 0.372 e. The summed E-state index contributed by atoms with van der Waals surface area (Å²) < 4.78 is 0. The number of aromatic nitrogens is 1. The van der Waals surface area contributed by atoms with Crippen LogP contribution in [0.5, 0.6) is 0 Å². The number of nitriles is 1. The summed E-state index contributed by atoms with van der Waals surface area (Å²) in [4.78, 5) is 18.1. The SMILES string of the molecule is CCN(CC)c1ccc(/C=C(\C#N)C(=O)c2c[nH]c3ccccc23)cc1. The first-order chi connectivity index (χ1) is 12.7. The predicted molar refractivity (Wildman–Crippen MR) is 106 cm³/mol. The molecule has 3 rings (SSSR count). The summed E-state index contributed by atoms with van der Waals surface area (Å²) in [7, 11) is 0. The minimum Gasteiger partial charge on any atom is -0.372 e. The van der Waals surface area contributed by atoms with Crippen LogP contribution >= 0.6 is 0 Å². The molecule has 4 nitrogen and oxygen atoms in total. The van der Waals surface area contributed by atoms with Gasteiger partial charge in [-0.2, -0.15) is 5.26 Å². The molecule has 1 aromatic heterocycles. The van der Waals surface area contributed by atoms with Crippen LogP contribution in [0.1, 0.15) is 29.8 Å². The van der Waals surface area contributed by atoms with E-state index in [0.29, 0.717) is 5.56 Å². The maximum atomic E-state index is 12.8. The maximum Gasteiger partial charge on any atom is 0.205 e. The highest BCUT2D eigenvalue weighted by Crippen LogP contribution is 2.22. The molecule has 1 N–H and O–H groups in total. The standard InChI is InChI=1S/C22H21N3O/c1-3-25(4-2)18-11-9-16(10-12-18)13-17(14-23)22(26)20-15-24-21-8-6-5-7-19(20)21/h5-13,15,24H,3-4H2,1-2H3/b17-13+. The van der Waals surface area contributed by atoms with E-state index in [1.807, 2.05) is 48.5 Å². The van der Waals surface area contributed by atoms with E-state index < -0.39 is 0 Å². The lowest BCUT2D eigenvalue weighted by Gasteiger charge is -2.20. The van der Waals surface area contributed by atoms with Crippen molar-refractivity contribution in [2.75, 3.05) is 18.0 Å². The van der Waals surface area contributed by atoms with Crippen molar-refractivity contribution < 1.29 is 4.79 Å². The lowest BCUT2D eigenvalue weighted by molar-refractivity contribution is 0.104. The number of H-pyrrole nitrogens is 1. The Morgan fingerprint density at radius 2 is 1.81 bits per heavy atom. The summed E-state index contributed by atoms with van der Waals surface area (Å²) in [5.41, 5.74) is 3.51. The number of ketones is 1. The first-order valence-electron chi connectivity index (χ1n) is 8.75. The van der Waals surface area contributed by atoms with Crippen molar-refractivity contribution >= 4 is 28.4 Å². The van der Waals surface area contributed by atoms with Crippen molar-refractivity contribution in [2.24, 2.45) is 0 Å². The van der Waals surface area contributed by atoms with Gasteiger partial charge in [0.05, 0.1) is 0 Å². The van der Waals surface area contributed by atoms with E-state index in [9.17, 15) is 10.1 Å². The second-order valence-electron chi connectivity index (χ2n) is 6.01. The van der Waals surface area contributed by atoms with E-state index in [4.69, 9.17) is 0 Å². The molecule has 0 saturated carbocycles. The third kappa shape index (κ3) is 3.38. The summed E-state index contributed by atoms with van der Waals surface area (Å²) >= 11 is 0. The van der Waals surface area contributed by atoms with Gasteiger partial charge in [-0.3, -0.25) is 4.79 Å². The van der Waals surface area contributed by atoms with Gasteiger partial charge in [0.15, 0.2) is 0 Å². The summed E-state index contributed by atoms with van der Waals surface area (Å²) in [5, 5.41) is 10.3. The number of benzene rings is 2. The molecule has 2 aromatic carbocycles. The molecule has 0 aliphatic rings. The monoisotopic (exact) mass is 343 g/mol. The molecule has 1 heterocycles. The molecule has 0 amide bonds. The van der Waals surface area contributed by atoms with Crippen molar-refractivity contribution in [3.8, 4) is 6.07 Å². The number of aromatic amines is 1. The Kier molecular flexibility index (Phi) is 5.19. The van der Waals surface area contributed by atoms with Gasteiger partial charge < -0.3 is 9.88 Å². The van der Waals surface area contributed by atoms with Crippen molar-refractivity contribution in [2.45, 2.75) is 13.8 Å². The molecule has 0 radical (unpaired) electrons. The number of hydrogen-bond donors (Lipinski definition) is 1. The summed E-state index contributed by atoms with van der Waals surface area (Å²) in [6, 6.07) is 17.5. The number of para-hydroxylation sites is 1. The van der Waals surface area contributed by atoms with E-state index in [0.717, 1.165) is 35.2 Å². The van der Waals surface area contributed by atoms with Gasteiger partial charge in [-0.15, -0.1) is 0 Å². The molecule has 0 aliphatic carbocycles. The van der Waals surface area contributed by atoms with Gasteiger partial charge in [0.2, 0.25) is 5.78 Å². The van der Waals surface area contributed by atoms with Gasteiger partial charge in [0.1, 0.15) is 11.6 Å². The van der Waals surface area contributed by atoms with Crippen molar-refractivity contribution in [3.05, 3.63) is 71.4 Å². The fourth-order valence-corrected chi connectivity index (χ4v) is 3.09. The zero-order chi connectivity index (χ0) is 18.5. The van der Waals surface area contributed by atoms with Crippen LogP contribution in [0.3, 0.4) is 0 Å². The average Bonchev–Trinajstić information content (AvgIpc) is 3.12. The van der Waals surface area contributed by atoms with Crippen LogP contribution in [-0.4, -0.2) is 23.9 Å². The van der Waals surface area contributed by atoms with Crippen molar-refractivity contribution in [1.29, 1.82) is 5.26 Å². The van der Waals surface area contributed by atoms with Gasteiger partial charge >= 0.3 is 0 Å². The topological polar surface area (TPSA) is 59.9 Å². The van der Waals surface area contributed by atoms with Crippen LogP contribution in [0.15, 0.2) is 60.3 Å². The second kappa shape index (κ2) is 7.71. The number of hydrogen-bond acceptors (Lipinski definition) is 3. The Hall–Kier alpha value is -3.32. The van der Waals surface area contributed by atoms with Crippen LogP contribution < -0.4 is 4.90 Å². The number of anilines is 1. The van der Waals surface area contributed by atoms with E-state index in [1.165, 1.54) is 0 Å². The van der Waals surface area contributed by atoms with E-state index >= 15 is 0 Å². The Labute approximate surface area is 153 Å². The molecule has 0 bridgehead atoms. The Balaban J connectivity index is 1.91. The van der Waals surface area contributed by atoms with Crippen molar-refractivity contribution in [1.82, 2.24) is 4.98 Å². The van der Waals surface area contributed by atoms with E-state index in [1.54, 1.807) is 12.3 Å². The fourth-order valence-electron chi connectivity index (χ4n) is 3.09. The molecule has 0 spiro atoms. The Morgan fingerprint density at radius 3 is 2.46 bits per heavy atom. The van der Waals surface area contributed by atoms with Crippen LogP contribution in [-0.2, 0) is 0 Å². The molecule has 0 saturated heterocycles. The third-order valence-electron chi connectivity index (χ3n) is 4.53. The second-order valence-corrected chi connectivity index (χ2v) is 6.01. The number of Topliss-reactive ketones (excluding diaryl/α,β-unsaturated/α-hetero) is 1. The zero-order valence-corrected chi connectivity index (χ0v) is 15.0. The first-order valence-corrected chi connectivity index (χ1v) is 8.75. The minimum absolute atomic E-state index is 0.130. The fraction of sp³-hybridized carbons (Fsp3) is 0.182. The van der Waals surface area contributed by atoms with E-state index in [2.05, 4.69) is 29.8 Å². The molecule has 0 unspecified atom stereocenters. The molecular weight excluding hydrogens is 322 g/mol. The molecule has 4 heteroatoms. The van der Waals surface area contributed by atoms with Gasteiger partial charge in [0, 0.05) is 41.4 Å². The molecule has 0 aliphatic heterocycles. The average molecular weight is 343 g/mol. The van der Waals surface area contributed by atoms with Crippen LogP contribution in [0.25, 0.3) is 17.0 Å². The number of carbonyl (C=O) groups is 1. The number of carbonyl (C=O) groups excluding carboxylic acids is 1. The molecular formula is C22H21N3O. The van der Waals surface area contributed by atoms with Gasteiger partial charge in [-0.25, -0.2) is 0 Å². The molecule has 130 valence electrons. The highest BCUT2D eigenvalue weighted by atomic mass is 16.1. The molecule has 0 atom stereocenters. The normalized spacial score (nSPS) is 11.3. The minimum atomic E-state index is -0.266. The van der Waals surface area contributed by atoms with Gasteiger partial charge in [0.25, 0.3) is 0 Å². The van der Waals surface area contributed by atoms with Crippen LogP contribution in [0, 0.1) is 11.3 Å². The number of nitrogens with one attached hydrogen (secondary N) is 1. The highest BCUT2D eigenvalue weighted by Gasteiger charge is 2.16. The van der Waals surface area contributed by atoms with Crippen LogP contribution in [0.4, 0.5) is 5.69 Å². The molecule has 3 aromatic rings. The molecule has 0 fully saturated rings. The predicted octanol–water partition coefficient (Wildman–Crippen LogP) is 4.80. The maximum absolute atomic E-state index is 12.8. The summed E-state index contributed by atoms with van der Waals surface area (Å²) in [6.07, 6.45) is 3.32. The van der Waals surface area contributed by atoms with Gasteiger partial charge in [-0.1, -0.05) is 30.3 Å². The van der Waals surface area contributed by atoms with E-state index in [-0.39, 0.29) is 11.4 Å².